The summed E-state index contributed by atoms with van der Waals surface area (Å²) < 4.78 is 35.1. The molecule has 364 valence electrons. The zero-order valence-electron chi connectivity index (χ0n) is 41.4. The van der Waals surface area contributed by atoms with Gasteiger partial charge in [-0.15, -0.1) is 0 Å². The number of likely N-dealkylation sites (N-methyl/N-ethyl adjacent to an activating group) is 1. The Morgan fingerprint density at radius 1 is 0.492 bits per heavy atom. The number of hydrogen-bond donors (Lipinski definition) is 1. The third-order valence-corrected chi connectivity index (χ3v) is 12.8. The summed E-state index contributed by atoms with van der Waals surface area (Å²) in [4.78, 5) is 23.0. The number of carbonyl (C=O) groups is 1. The highest BCUT2D eigenvalue weighted by Gasteiger charge is 2.26. The molecular weight excluding hydrogens is 782 g/mol. The van der Waals surface area contributed by atoms with Gasteiger partial charge in [0.25, 0.3) is 0 Å². The number of nitrogens with zero attached hydrogens (tertiary/aromatic N) is 1. The Kier molecular flexibility index (Phi) is 45.2. The van der Waals surface area contributed by atoms with Crippen molar-refractivity contribution >= 4 is 13.8 Å². The SMILES string of the molecule is CCCCCCC/C=C\CCCCCCCCOCC(COP(=O)(O)OCC[N+](C)(C)C)OC(=O)CCCCCCCCCCCCCCCCCCCCCCCCCC. The number of phosphoric ester groups is 1. The van der Waals surface area contributed by atoms with Crippen molar-refractivity contribution in [2.45, 2.75) is 264 Å². The number of carbonyl (C=O) groups excluding carboxylic acids is 1. The van der Waals surface area contributed by atoms with E-state index in [0.717, 1.165) is 32.1 Å². The van der Waals surface area contributed by atoms with E-state index in [4.69, 9.17) is 18.5 Å². The molecule has 9 heteroatoms. The molecule has 0 heterocycles. The second-order valence-electron chi connectivity index (χ2n) is 19.3. The predicted molar refractivity (Wildman–Crippen MR) is 261 cm³/mol. The van der Waals surface area contributed by atoms with E-state index in [2.05, 4.69) is 26.0 Å². The first-order valence-corrected chi connectivity index (χ1v) is 27.9. The molecule has 1 N–H and O–H groups in total. The van der Waals surface area contributed by atoms with Gasteiger partial charge in [0.1, 0.15) is 19.3 Å². The maximum Gasteiger partial charge on any atom is 0.472 e. The van der Waals surface area contributed by atoms with Crippen molar-refractivity contribution in [3.63, 3.8) is 0 Å². The molecule has 0 aromatic heterocycles. The average Bonchev–Trinajstić information content (AvgIpc) is 3.22. The van der Waals surface area contributed by atoms with Crippen LogP contribution in [0.15, 0.2) is 12.2 Å². The molecule has 0 saturated carbocycles. The lowest BCUT2D eigenvalue weighted by atomic mass is 10.0. The monoisotopic (exact) mass is 887 g/mol. The van der Waals surface area contributed by atoms with Crippen LogP contribution in [0.1, 0.15) is 258 Å². The van der Waals surface area contributed by atoms with E-state index in [0.29, 0.717) is 24.1 Å². The molecule has 0 amide bonds. The summed E-state index contributed by atoms with van der Waals surface area (Å²) in [6, 6.07) is 0. The first-order valence-electron chi connectivity index (χ1n) is 26.4. The minimum Gasteiger partial charge on any atom is -0.457 e. The largest absolute Gasteiger partial charge is 0.472 e. The number of allylic oxidation sites excluding steroid dienone is 2. The molecule has 8 nitrogen and oxygen atoms in total. The average molecular weight is 887 g/mol. The smallest absolute Gasteiger partial charge is 0.457 e. The zero-order chi connectivity index (χ0) is 44.8. The molecule has 0 saturated heterocycles. The Balaban J connectivity index is 4.04. The molecule has 2 atom stereocenters. The lowest BCUT2D eigenvalue weighted by Gasteiger charge is -2.24. The normalized spacial score (nSPS) is 13.6. The molecule has 0 aliphatic carbocycles. The van der Waals surface area contributed by atoms with Crippen molar-refractivity contribution in [3.8, 4) is 0 Å². The Morgan fingerprint density at radius 3 is 1.25 bits per heavy atom. The van der Waals surface area contributed by atoms with Crippen LogP contribution in [0.3, 0.4) is 0 Å². The molecule has 0 aliphatic rings. The van der Waals surface area contributed by atoms with Crippen LogP contribution in [0.4, 0.5) is 0 Å². The lowest BCUT2D eigenvalue weighted by molar-refractivity contribution is -0.870. The van der Waals surface area contributed by atoms with E-state index in [9.17, 15) is 14.3 Å². The van der Waals surface area contributed by atoms with Crippen LogP contribution in [-0.4, -0.2) is 75.6 Å². The molecule has 0 rings (SSSR count). The van der Waals surface area contributed by atoms with Gasteiger partial charge in [-0.3, -0.25) is 13.8 Å². The minimum absolute atomic E-state index is 0.0910. The molecule has 0 fully saturated rings. The number of unbranched alkanes of at least 4 members (excludes halogenated alkanes) is 34. The van der Waals surface area contributed by atoms with Crippen LogP contribution >= 0.6 is 7.82 Å². The van der Waals surface area contributed by atoms with Crippen LogP contribution < -0.4 is 0 Å². The summed E-state index contributed by atoms with van der Waals surface area (Å²) in [7, 11) is 1.68. The number of rotatable bonds is 50. The van der Waals surface area contributed by atoms with Crippen molar-refractivity contribution in [2.75, 3.05) is 54.1 Å². The van der Waals surface area contributed by atoms with Crippen molar-refractivity contribution in [2.24, 2.45) is 0 Å². The number of esters is 1. The first-order chi connectivity index (χ1) is 29.6. The molecule has 0 aliphatic heterocycles. The van der Waals surface area contributed by atoms with Gasteiger partial charge in [-0.05, 0) is 38.5 Å². The van der Waals surface area contributed by atoms with Gasteiger partial charge in [-0.25, -0.2) is 4.57 Å². The van der Waals surface area contributed by atoms with Crippen molar-refractivity contribution in [3.05, 3.63) is 12.2 Å². The Labute approximate surface area is 380 Å². The number of ether oxygens (including phenoxy) is 2. The highest BCUT2D eigenvalue weighted by Crippen LogP contribution is 2.43. The van der Waals surface area contributed by atoms with Crippen LogP contribution in [-0.2, 0) is 27.9 Å². The molecule has 2 unspecified atom stereocenters. The van der Waals surface area contributed by atoms with Gasteiger partial charge >= 0.3 is 13.8 Å². The van der Waals surface area contributed by atoms with Crippen molar-refractivity contribution in [1.82, 2.24) is 0 Å². The van der Waals surface area contributed by atoms with E-state index in [1.165, 1.54) is 205 Å². The summed E-state index contributed by atoms with van der Waals surface area (Å²) in [6.45, 7) is 5.66. The molecule has 0 spiro atoms. The third-order valence-electron chi connectivity index (χ3n) is 11.8. The number of quaternary nitrogens is 1. The molecule has 0 aromatic carbocycles. The van der Waals surface area contributed by atoms with Gasteiger partial charge in [0.05, 0.1) is 34.4 Å². The quantitative estimate of drug-likeness (QED) is 0.0214. The lowest BCUT2D eigenvalue weighted by Crippen LogP contribution is -2.37. The van der Waals surface area contributed by atoms with E-state index >= 15 is 0 Å². The van der Waals surface area contributed by atoms with E-state index < -0.39 is 13.9 Å². The molecule has 0 aromatic rings. The predicted octanol–water partition coefficient (Wildman–Crippen LogP) is 16.2. The minimum atomic E-state index is -4.28. The maximum atomic E-state index is 12.8. The van der Waals surface area contributed by atoms with Crippen LogP contribution in [0, 0.1) is 0 Å². The van der Waals surface area contributed by atoms with E-state index in [1.807, 2.05) is 21.1 Å². The van der Waals surface area contributed by atoms with Gasteiger partial charge in [0, 0.05) is 13.0 Å². The summed E-state index contributed by atoms with van der Waals surface area (Å²) in [5, 5.41) is 0. The van der Waals surface area contributed by atoms with Gasteiger partial charge < -0.3 is 18.9 Å². The summed E-state index contributed by atoms with van der Waals surface area (Å²) in [5.41, 5.74) is 0. The van der Waals surface area contributed by atoms with Crippen LogP contribution in [0.2, 0.25) is 0 Å². The van der Waals surface area contributed by atoms with E-state index in [-0.39, 0.29) is 25.8 Å². The fourth-order valence-electron chi connectivity index (χ4n) is 7.73. The first kappa shape index (κ1) is 60.2. The summed E-state index contributed by atoms with van der Waals surface area (Å²) in [6.07, 6.45) is 52.6. The molecule has 0 bridgehead atoms. The van der Waals surface area contributed by atoms with Crippen LogP contribution in [0.5, 0.6) is 0 Å². The summed E-state index contributed by atoms with van der Waals surface area (Å²) in [5.74, 6) is -0.309. The van der Waals surface area contributed by atoms with Crippen molar-refractivity contribution in [1.29, 1.82) is 0 Å². The fraction of sp³-hybridized carbons (Fsp3) is 0.942. The van der Waals surface area contributed by atoms with Crippen molar-refractivity contribution < 1.29 is 37.3 Å². The molecule has 61 heavy (non-hydrogen) atoms. The van der Waals surface area contributed by atoms with Crippen LogP contribution in [0.25, 0.3) is 0 Å². The third kappa shape index (κ3) is 50.1. The highest BCUT2D eigenvalue weighted by molar-refractivity contribution is 7.47. The Bertz CT molecular complexity index is 987. The topological polar surface area (TPSA) is 91.3 Å². The second-order valence-corrected chi connectivity index (χ2v) is 20.7. The Morgan fingerprint density at radius 2 is 0.852 bits per heavy atom. The number of phosphoric acid groups is 1. The maximum absolute atomic E-state index is 12.8. The van der Waals surface area contributed by atoms with E-state index in [1.54, 1.807) is 0 Å². The molecule has 0 radical (unpaired) electrons. The highest BCUT2D eigenvalue weighted by atomic mass is 31.2. The van der Waals surface area contributed by atoms with Gasteiger partial charge in [0.15, 0.2) is 0 Å². The molecular formula is C52H105NO7P+. The zero-order valence-corrected chi connectivity index (χ0v) is 42.3. The van der Waals surface area contributed by atoms with Gasteiger partial charge in [-0.1, -0.05) is 225 Å². The van der Waals surface area contributed by atoms with Gasteiger partial charge in [-0.2, -0.15) is 0 Å². The number of hydrogen-bond acceptors (Lipinski definition) is 6. The van der Waals surface area contributed by atoms with Gasteiger partial charge in [0.2, 0.25) is 0 Å². The summed E-state index contributed by atoms with van der Waals surface area (Å²) >= 11 is 0. The standard InChI is InChI=1S/C52H104NO7P/c1-6-8-10-12-14-16-18-20-22-23-24-25-26-27-28-29-30-31-33-35-37-39-41-43-45-52(54)60-51(50-59-61(55,56)58-48-46-53(3,4)5)49-57-47-44-42-40-38-36-34-32-21-19-17-15-13-11-9-7-2/h19,21,51H,6-18,20,22-50H2,1-5H3/p+1/b21-19-. The Hall–Kier alpha value is -0.760. The second kappa shape index (κ2) is 45.8. The fourth-order valence-corrected chi connectivity index (χ4v) is 8.47.